The van der Waals surface area contributed by atoms with Gasteiger partial charge in [-0.1, -0.05) is 23.7 Å². The molecule has 1 N–H and O–H groups in total. The van der Waals surface area contributed by atoms with E-state index in [0.717, 1.165) is 30.2 Å². The Balaban J connectivity index is 1.61. The topological polar surface area (TPSA) is 39.1 Å². The van der Waals surface area contributed by atoms with E-state index in [1.54, 1.807) is 6.20 Å². The molecule has 0 atom stereocenters. The molecule has 21 heavy (non-hydrogen) atoms. The summed E-state index contributed by atoms with van der Waals surface area (Å²) in [6.07, 6.45) is 6.31. The average Bonchev–Trinajstić information content (AvgIpc) is 3.22. The summed E-state index contributed by atoms with van der Waals surface area (Å²) in [5, 5.41) is 4.17. The molecule has 0 saturated heterocycles. The Kier molecular flexibility index (Phi) is 4.46. The van der Waals surface area contributed by atoms with Crippen LogP contribution in [-0.4, -0.2) is 22.2 Å². The SMILES string of the molecule is Cc1nccn1CCOc1c(Cl)cccc1CNC1CC1. The smallest absolute Gasteiger partial charge is 0.142 e. The van der Waals surface area contributed by atoms with Crippen molar-refractivity contribution in [1.82, 2.24) is 14.9 Å². The predicted octanol–water partition coefficient (Wildman–Crippen LogP) is 3.18. The zero-order chi connectivity index (χ0) is 14.7. The first-order valence-corrected chi connectivity index (χ1v) is 7.73. The van der Waals surface area contributed by atoms with Crippen molar-refractivity contribution in [2.45, 2.75) is 38.9 Å². The maximum absolute atomic E-state index is 6.28. The maximum Gasteiger partial charge on any atom is 0.142 e. The molecule has 0 aliphatic heterocycles. The Bertz CT molecular complexity index is 607. The highest BCUT2D eigenvalue weighted by atomic mass is 35.5. The van der Waals surface area contributed by atoms with Gasteiger partial charge >= 0.3 is 0 Å². The maximum atomic E-state index is 6.28. The second-order valence-electron chi connectivity index (χ2n) is 5.40. The molecule has 0 amide bonds. The Morgan fingerprint density at radius 2 is 2.29 bits per heavy atom. The van der Waals surface area contributed by atoms with E-state index in [0.29, 0.717) is 17.7 Å². The number of halogens is 1. The summed E-state index contributed by atoms with van der Waals surface area (Å²) in [6.45, 7) is 4.15. The van der Waals surface area contributed by atoms with Gasteiger partial charge in [-0.05, 0) is 25.8 Å². The van der Waals surface area contributed by atoms with Crippen LogP contribution in [0.3, 0.4) is 0 Å². The number of rotatable bonds is 7. The zero-order valence-corrected chi connectivity index (χ0v) is 12.9. The lowest BCUT2D eigenvalue weighted by Gasteiger charge is -2.14. The van der Waals surface area contributed by atoms with E-state index >= 15 is 0 Å². The van der Waals surface area contributed by atoms with Gasteiger partial charge in [-0.15, -0.1) is 0 Å². The Morgan fingerprint density at radius 3 is 3.00 bits per heavy atom. The van der Waals surface area contributed by atoms with Crippen LogP contribution in [0.1, 0.15) is 24.2 Å². The Hall–Kier alpha value is -1.52. The van der Waals surface area contributed by atoms with Gasteiger partial charge in [-0.3, -0.25) is 0 Å². The number of imidazole rings is 1. The van der Waals surface area contributed by atoms with E-state index in [4.69, 9.17) is 16.3 Å². The van der Waals surface area contributed by atoms with Gasteiger partial charge in [-0.2, -0.15) is 0 Å². The highest BCUT2D eigenvalue weighted by Crippen LogP contribution is 2.29. The van der Waals surface area contributed by atoms with Gasteiger partial charge in [0.2, 0.25) is 0 Å². The van der Waals surface area contributed by atoms with Crippen molar-refractivity contribution >= 4 is 11.6 Å². The van der Waals surface area contributed by atoms with Gasteiger partial charge in [0.1, 0.15) is 18.2 Å². The minimum Gasteiger partial charge on any atom is -0.490 e. The molecule has 4 nitrogen and oxygen atoms in total. The number of nitrogens with zero attached hydrogens (tertiary/aromatic N) is 2. The number of aryl methyl sites for hydroxylation is 1. The van der Waals surface area contributed by atoms with Crippen LogP contribution in [0.5, 0.6) is 5.75 Å². The Morgan fingerprint density at radius 1 is 1.43 bits per heavy atom. The number of para-hydroxylation sites is 1. The molecule has 3 rings (SSSR count). The summed E-state index contributed by atoms with van der Waals surface area (Å²) in [6, 6.07) is 6.59. The number of hydrogen-bond acceptors (Lipinski definition) is 3. The van der Waals surface area contributed by atoms with Crippen LogP contribution in [0.4, 0.5) is 0 Å². The molecule has 1 saturated carbocycles. The summed E-state index contributed by atoms with van der Waals surface area (Å²) in [7, 11) is 0. The minimum atomic E-state index is 0.581. The van der Waals surface area contributed by atoms with Crippen LogP contribution in [-0.2, 0) is 13.1 Å². The van der Waals surface area contributed by atoms with Crippen LogP contribution in [0, 0.1) is 6.92 Å². The summed E-state index contributed by atoms with van der Waals surface area (Å²) in [5.74, 6) is 1.79. The van der Waals surface area contributed by atoms with Gasteiger partial charge in [-0.25, -0.2) is 4.98 Å². The van der Waals surface area contributed by atoms with Gasteiger partial charge in [0, 0.05) is 30.5 Å². The van der Waals surface area contributed by atoms with Crippen molar-refractivity contribution in [3.05, 3.63) is 47.0 Å². The average molecular weight is 306 g/mol. The molecule has 1 aromatic carbocycles. The van der Waals surface area contributed by atoms with E-state index in [2.05, 4.69) is 20.9 Å². The molecule has 0 unspecified atom stereocenters. The molecular weight excluding hydrogens is 286 g/mol. The normalized spacial score (nSPS) is 14.4. The van der Waals surface area contributed by atoms with Crippen molar-refractivity contribution in [2.24, 2.45) is 0 Å². The van der Waals surface area contributed by atoms with E-state index < -0.39 is 0 Å². The van der Waals surface area contributed by atoms with Crippen molar-refractivity contribution < 1.29 is 4.74 Å². The molecule has 1 aromatic heterocycles. The Labute approximate surface area is 130 Å². The third-order valence-electron chi connectivity index (χ3n) is 3.71. The molecule has 1 heterocycles. The zero-order valence-electron chi connectivity index (χ0n) is 12.2. The summed E-state index contributed by atoms with van der Waals surface area (Å²) in [4.78, 5) is 4.20. The van der Waals surface area contributed by atoms with Gasteiger partial charge in [0.25, 0.3) is 0 Å². The summed E-state index contributed by atoms with van der Waals surface area (Å²) < 4.78 is 8.00. The van der Waals surface area contributed by atoms with E-state index in [-0.39, 0.29) is 0 Å². The van der Waals surface area contributed by atoms with Gasteiger partial charge < -0.3 is 14.6 Å². The number of hydrogen-bond donors (Lipinski definition) is 1. The lowest BCUT2D eigenvalue weighted by atomic mass is 10.2. The molecule has 2 aromatic rings. The third kappa shape index (κ3) is 3.77. The summed E-state index contributed by atoms with van der Waals surface area (Å²) >= 11 is 6.28. The van der Waals surface area contributed by atoms with Crippen LogP contribution in [0.25, 0.3) is 0 Å². The first kappa shape index (κ1) is 14.4. The molecule has 0 bridgehead atoms. The van der Waals surface area contributed by atoms with Gasteiger partial charge in [0.05, 0.1) is 11.6 Å². The number of benzene rings is 1. The molecule has 0 radical (unpaired) electrons. The number of nitrogens with one attached hydrogen (secondary N) is 1. The van der Waals surface area contributed by atoms with E-state index in [1.165, 1.54) is 12.8 Å². The van der Waals surface area contributed by atoms with E-state index in [1.807, 2.05) is 25.3 Å². The molecule has 1 fully saturated rings. The standard InChI is InChI=1S/C16H20ClN3O/c1-12-18-7-8-20(12)9-10-21-16-13(3-2-4-15(16)17)11-19-14-5-6-14/h2-4,7-8,14,19H,5-6,9-11H2,1H3. The molecule has 1 aliphatic rings. The fraction of sp³-hybridized carbons (Fsp3) is 0.438. The second-order valence-corrected chi connectivity index (χ2v) is 5.81. The molecular formula is C16H20ClN3O. The van der Waals surface area contributed by atoms with Gasteiger partial charge in [0.15, 0.2) is 0 Å². The number of ether oxygens (including phenoxy) is 1. The highest BCUT2D eigenvalue weighted by molar-refractivity contribution is 6.32. The molecule has 0 spiro atoms. The quantitative estimate of drug-likeness (QED) is 0.854. The highest BCUT2D eigenvalue weighted by Gasteiger charge is 2.21. The van der Waals surface area contributed by atoms with E-state index in [9.17, 15) is 0 Å². The van der Waals surface area contributed by atoms with Crippen molar-refractivity contribution in [3.63, 3.8) is 0 Å². The predicted molar refractivity (Wildman–Crippen MR) is 83.8 cm³/mol. The van der Waals surface area contributed by atoms with Crippen LogP contribution >= 0.6 is 11.6 Å². The largest absolute Gasteiger partial charge is 0.490 e. The monoisotopic (exact) mass is 305 g/mol. The summed E-state index contributed by atoms with van der Waals surface area (Å²) in [5.41, 5.74) is 1.12. The van der Waals surface area contributed by atoms with Crippen LogP contribution in [0.2, 0.25) is 5.02 Å². The first-order valence-electron chi connectivity index (χ1n) is 7.35. The first-order chi connectivity index (χ1) is 10.2. The fourth-order valence-corrected chi connectivity index (χ4v) is 2.53. The lowest BCUT2D eigenvalue weighted by molar-refractivity contribution is 0.293. The van der Waals surface area contributed by atoms with Crippen molar-refractivity contribution in [3.8, 4) is 5.75 Å². The number of aromatic nitrogens is 2. The van der Waals surface area contributed by atoms with Crippen molar-refractivity contribution in [2.75, 3.05) is 6.61 Å². The second kappa shape index (κ2) is 6.50. The lowest BCUT2D eigenvalue weighted by Crippen LogP contribution is -2.17. The fourth-order valence-electron chi connectivity index (χ4n) is 2.28. The van der Waals surface area contributed by atoms with Crippen molar-refractivity contribution in [1.29, 1.82) is 0 Å². The van der Waals surface area contributed by atoms with Crippen LogP contribution < -0.4 is 10.1 Å². The third-order valence-corrected chi connectivity index (χ3v) is 4.01. The molecule has 112 valence electrons. The minimum absolute atomic E-state index is 0.581. The molecule has 5 heteroatoms. The molecule has 1 aliphatic carbocycles. The van der Waals surface area contributed by atoms with Crippen LogP contribution in [0.15, 0.2) is 30.6 Å².